The van der Waals surface area contributed by atoms with Gasteiger partial charge in [0.2, 0.25) is 0 Å². The van der Waals surface area contributed by atoms with Crippen molar-refractivity contribution in [1.29, 1.82) is 0 Å². The van der Waals surface area contributed by atoms with Gasteiger partial charge in [0.1, 0.15) is 6.33 Å². The fourth-order valence-corrected chi connectivity index (χ4v) is 2.38. The number of rotatable bonds is 5. The lowest BCUT2D eigenvalue weighted by Crippen LogP contribution is -2.35. The molecule has 8 nitrogen and oxygen atoms in total. The van der Waals surface area contributed by atoms with Crippen LogP contribution in [0.1, 0.15) is 34.9 Å². The average Bonchev–Trinajstić information content (AvgIpc) is 3.05. The number of amides is 1. The number of morpholine rings is 1. The highest BCUT2D eigenvalue weighted by molar-refractivity contribution is 5.92. The molecule has 3 heterocycles. The molecule has 0 spiro atoms. The third-order valence-corrected chi connectivity index (χ3v) is 3.67. The summed E-state index contributed by atoms with van der Waals surface area (Å²) >= 11 is 0. The van der Waals surface area contributed by atoms with Crippen LogP contribution in [0.3, 0.4) is 0 Å². The van der Waals surface area contributed by atoms with Crippen LogP contribution in [0.2, 0.25) is 0 Å². The number of carbonyl (C=O) groups excluding carboxylic acids is 1. The molecule has 0 aliphatic carbocycles. The van der Waals surface area contributed by atoms with Crippen molar-refractivity contribution < 1.29 is 14.1 Å². The first-order valence-corrected chi connectivity index (χ1v) is 7.55. The zero-order valence-corrected chi connectivity index (χ0v) is 12.9. The van der Waals surface area contributed by atoms with Crippen LogP contribution in [-0.2, 0) is 11.3 Å². The van der Waals surface area contributed by atoms with E-state index in [1.165, 1.54) is 6.33 Å². The Kier molecular flexibility index (Phi) is 4.94. The van der Waals surface area contributed by atoms with Crippen LogP contribution in [0.15, 0.2) is 29.2 Å². The lowest BCUT2D eigenvalue weighted by Gasteiger charge is -2.25. The smallest absolute Gasteiger partial charge is 0.273 e. The predicted molar refractivity (Wildman–Crippen MR) is 80.5 cm³/mol. The van der Waals surface area contributed by atoms with E-state index >= 15 is 0 Å². The first-order valence-electron chi connectivity index (χ1n) is 7.55. The lowest BCUT2D eigenvalue weighted by molar-refractivity contribution is 0.0305. The standard InChI is InChI=1S/C15H19N5O3/c1-11(13-2-3-16-10-17-13)18-15(21)14-8-12(23-19-14)9-20-4-6-22-7-5-20/h2-3,8,10-11H,4-7,9H2,1H3,(H,18,21)/t11-/m1/s1. The second-order valence-corrected chi connectivity index (χ2v) is 5.40. The van der Waals surface area contributed by atoms with Gasteiger partial charge in [0, 0.05) is 25.4 Å². The molecule has 1 aliphatic rings. The minimum Gasteiger partial charge on any atom is -0.379 e. The number of nitrogens with zero attached hydrogens (tertiary/aromatic N) is 4. The van der Waals surface area contributed by atoms with Crippen LogP contribution in [0.25, 0.3) is 0 Å². The maximum atomic E-state index is 12.2. The van der Waals surface area contributed by atoms with Crippen LogP contribution in [0.5, 0.6) is 0 Å². The molecular weight excluding hydrogens is 298 g/mol. The number of nitrogens with one attached hydrogen (secondary N) is 1. The van der Waals surface area contributed by atoms with Gasteiger partial charge < -0.3 is 14.6 Å². The van der Waals surface area contributed by atoms with Gasteiger partial charge in [-0.25, -0.2) is 9.97 Å². The van der Waals surface area contributed by atoms with E-state index in [0.717, 1.165) is 32.0 Å². The van der Waals surface area contributed by atoms with Crippen molar-refractivity contribution in [2.75, 3.05) is 26.3 Å². The predicted octanol–water partition coefficient (Wildman–Crippen LogP) is 0.788. The van der Waals surface area contributed by atoms with Gasteiger partial charge in [0.25, 0.3) is 5.91 Å². The van der Waals surface area contributed by atoms with Gasteiger partial charge in [-0.3, -0.25) is 9.69 Å². The first-order chi connectivity index (χ1) is 11.2. The zero-order chi connectivity index (χ0) is 16.1. The number of hydrogen-bond donors (Lipinski definition) is 1. The quantitative estimate of drug-likeness (QED) is 0.871. The maximum Gasteiger partial charge on any atom is 0.273 e. The molecule has 23 heavy (non-hydrogen) atoms. The molecule has 8 heteroatoms. The van der Waals surface area contributed by atoms with Gasteiger partial charge in [-0.05, 0) is 13.0 Å². The van der Waals surface area contributed by atoms with Crippen molar-refractivity contribution in [3.63, 3.8) is 0 Å². The van der Waals surface area contributed by atoms with Crippen molar-refractivity contribution in [3.05, 3.63) is 41.8 Å². The lowest BCUT2D eigenvalue weighted by atomic mass is 10.2. The van der Waals surface area contributed by atoms with E-state index in [4.69, 9.17) is 9.26 Å². The minimum atomic E-state index is -0.284. The number of aromatic nitrogens is 3. The van der Waals surface area contributed by atoms with Crippen LogP contribution < -0.4 is 5.32 Å². The second kappa shape index (κ2) is 7.30. The highest BCUT2D eigenvalue weighted by Gasteiger charge is 2.18. The Bertz CT molecular complexity index is 640. The largest absolute Gasteiger partial charge is 0.379 e. The molecule has 1 N–H and O–H groups in total. The third-order valence-electron chi connectivity index (χ3n) is 3.67. The monoisotopic (exact) mass is 317 g/mol. The molecule has 1 fully saturated rings. The van der Waals surface area contributed by atoms with Crippen molar-refractivity contribution >= 4 is 5.91 Å². The Balaban J connectivity index is 1.57. The summed E-state index contributed by atoms with van der Waals surface area (Å²) in [6, 6.07) is 3.21. The SMILES string of the molecule is C[C@@H](NC(=O)c1cc(CN2CCOCC2)on1)c1ccncn1. The van der Waals surface area contributed by atoms with E-state index < -0.39 is 0 Å². The molecule has 0 bridgehead atoms. The van der Waals surface area contributed by atoms with Gasteiger partial charge in [-0.1, -0.05) is 5.16 Å². The van der Waals surface area contributed by atoms with Gasteiger partial charge in [0.05, 0.1) is 31.5 Å². The Labute approximate surface area is 133 Å². The van der Waals surface area contributed by atoms with E-state index in [1.807, 2.05) is 6.92 Å². The molecule has 2 aromatic heterocycles. The summed E-state index contributed by atoms with van der Waals surface area (Å²) in [6.45, 7) is 5.63. The fourth-order valence-electron chi connectivity index (χ4n) is 2.38. The highest BCUT2D eigenvalue weighted by atomic mass is 16.5. The summed E-state index contributed by atoms with van der Waals surface area (Å²) < 4.78 is 10.6. The van der Waals surface area contributed by atoms with Crippen LogP contribution in [0, 0.1) is 0 Å². The summed E-state index contributed by atoms with van der Waals surface area (Å²) in [5.74, 6) is 0.389. The molecule has 0 unspecified atom stereocenters. The van der Waals surface area contributed by atoms with Crippen LogP contribution >= 0.6 is 0 Å². The summed E-state index contributed by atoms with van der Waals surface area (Å²) in [5, 5.41) is 6.69. The molecular formula is C15H19N5O3. The number of hydrogen-bond acceptors (Lipinski definition) is 7. The Morgan fingerprint density at radius 3 is 3.00 bits per heavy atom. The van der Waals surface area contributed by atoms with Crippen molar-refractivity contribution in [1.82, 2.24) is 25.3 Å². The molecule has 1 amide bonds. The Morgan fingerprint density at radius 1 is 1.43 bits per heavy atom. The second-order valence-electron chi connectivity index (χ2n) is 5.40. The molecule has 1 aliphatic heterocycles. The Morgan fingerprint density at radius 2 is 2.26 bits per heavy atom. The summed E-state index contributed by atoms with van der Waals surface area (Å²) in [7, 11) is 0. The third kappa shape index (κ3) is 4.11. The van der Waals surface area contributed by atoms with Gasteiger partial charge in [-0.2, -0.15) is 0 Å². The van der Waals surface area contributed by atoms with E-state index in [9.17, 15) is 4.79 Å². The maximum absolute atomic E-state index is 12.2. The van der Waals surface area contributed by atoms with E-state index in [2.05, 4.69) is 25.3 Å². The van der Waals surface area contributed by atoms with E-state index in [-0.39, 0.29) is 17.6 Å². The topological polar surface area (TPSA) is 93.4 Å². The molecule has 0 aromatic carbocycles. The molecule has 3 rings (SSSR count). The van der Waals surface area contributed by atoms with Crippen molar-refractivity contribution in [2.24, 2.45) is 0 Å². The van der Waals surface area contributed by atoms with Crippen LogP contribution in [-0.4, -0.2) is 52.2 Å². The van der Waals surface area contributed by atoms with Crippen LogP contribution in [0.4, 0.5) is 0 Å². The molecule has 1 atom stereocenters. The number of ether oxygens (including phenoxy) is 1. The molecule has 122 valence electrons. The Hall–Kier alpha value is -2.32. The van der Waals surface area contributed by atoms with E-state index in [1.54, 1.807) is 18.3 Å². The van der Waals surface area contributed by atoms with Crippen molar-refractivity contribution in [3.8, 4) is 0 Å². The number of carbonyl (C=O) groups is 1. The molecule has 2 aromatic rings. The summed E-state index contributed by atoms with van der Waals surface area (Å²) in [5.41, 5.74) is 1.01. The average molecular weight is 317 g/mol. The van der Waals surface area contributed by atoms with Gasteiger partial charge in [0.15, 0.2) is 11.5 Å². The molecule has 0 saturated carbocycles. The zero-order valence-electron chi connectivity index (χ0n) is 12.9. The normalized spacial score (nSPS) is 16.9. The fraction of sp³-hybridized carbons (Fsp3) is 0.467. The van der Waals surface area contributed by atoms with E-state index in [0.29, 0.717) is 12.3 Å². The summed E-state index contributed by atoms with van der Waals surface area (Å²) in [4.78, 5) is 22.4. The minimum absolute atomic E-state index is 0.232. The van der Waals surface area contributed by atoms with Gasteiger partial charge >= 0.3 is 0 Å². The summed E-state index contributed by atoms with van der Waals surface area (Å²) in [6.07, 6.45) is 3.09. The van der Waals surface area contributed by atoms with Crippen molar-refractivity contribution in [2.45, 2.75) is 19.5 Å². The molecule has 0 radical (unpaired) electrons. The molecule has 1 saturated heterocycles. The van der Waals surface area contributed by atoms with Gasteiger partial charge in [-0.15, -0.1) is 0 Å². The first kappa shape index (κ1) is 15.6. The highest BCUT2D eigenvalue weighted by Crippen LogP contribution is 2.12.